The fraction of sp³-hybridized carbons (Fsp3) is 0.345. The van der Waals surface area contributed by atoms with Crippen LogP contribution in [0.5, 0.6) is 0 Å². The maximum absolute atomic E-state index is 11.5. The summed E-state index contributed by atoms with van der Waals surface area (Å²) < 4.78 is 7.10. The number of Topliss-reactive ketones (excluding diaryl/α,β-unsaturated/α-hetero) is 1. The van der Waals surface area contributed by atoms with Gasteiger partial charge >= 0.3 is 0 Å². The van der Waals surface area contributed by atoms with E-state index in [2.05, 4.69) is 93.6 Å². The molecule has 1 aliphatic rings. The summed E-state index contributed by atoms with van der Waals surface area (Å²) in [6, 6.07) is 29.9. The number of rotatable bonds is 8. The molecule has 166 valence electrons. The van der Waals surface area contributed by atoms with Gasteiger partial charge in [0.25, 0.3) is 8.32 Å². The summed E-state index contributed by atoms with van der Waals surface area (Å²) in [7, 11) is -2.45. The van der Waals surface area contributed by atoms with E-state index in [1.807, 2.05) is 12.1 Å². The van der Waals surface area contributed by atoms with Crippen molar-refractivity contribution < 1.29 is 9.22 Å². The molecule has 0 N–H and O–H groups in total. The number of ketones is 1. The van der Waals surface area contributed by atoms with Gasteiger partial charge < -0.3 is 4.43 Å². The first-order valence-corrected chi connectivity index (χ1v) is 13.6. The molecule has 3 heteroatoms. The molecule has 0 saturated heterocycles. The van der Waals surface area contributed by atoms with Crippen LogP contribution in [0.3, 0.4) is 0 Å². The lowest BCUT2D eigenvalue weighted by Crippen LogP contribution is -2.66. The van der Waals surface area contributed by atoms with E-state index >= 15 is 0 Å². The predicted octanol–water partition coefficient (Wildman–Crippen LogP) is 5.64. The lowest BCUT2D eigenvalue weighted by molar-refractivity contribution is 0.101. The van der Waals surface area contributed by atoms with Gasteiger partial charge in [0.2, 0.25) is 0 Å². The monoisotopic (exact) mass is 442 g/mol. The molecule has 0 heterocycles. The minimum absolute atomic E-state index is 0.0165. The first-order valence-electron chi connectivity index (χ1n) is 11.7. The van der Waals surface area contributed by atoms with Crippen LogP contribution in [0.2, 0.25) is 5.04 Å². The van der Waals surface area contributed by atoms with Crippen molar-refractivity contribution in [1.82, 2.24) is 0 Å². The van der Waals surface area contributed by atoms with Crippen molar-refractivity contribution in [3.05, 3.63) is 96.1 Å². The smallest absolute Gasteiger partial charge is 0.261 e. The van der Waals surface area contributed by atoms with E-state index in [9.17, 15) is 4.79 Å². The third kappa shape index (κ3) is 4.64. The van der Waals surface area contributed by atoms with Crippen molar-refractivity contribution in [3.63, 3.8) is 0 Å². The Labute approximate surface area is 193 Å². The average Bonchev–Trinajstić information content (AvgIpc) is 3.53. The van der Waals surface area contributed by atoms with Crippen LogP contribution in [0.25, 0.3) is 0 Å². The van der Waals surface area contributed by atoms with Gasteiger partial charge in [0.05, 0.1) is 0 Å². The van der Waals surface area contributed by atoms with Crippen LogP contribution in [0.15, 0.2) is 84.9 Å². The molecule has 2 nitrogen and oxygen atoms in total. The molecule has 0 unspecified atom stereocenters. The Bertz CT molecular complexity index is 997. The molecule has 1 fully saturated rings. The zero-order chi connectivity index (χ0) is 22.8. The minimum atomic E-state index is -2.45. The molecule has 0 bridgehead atoms. The van der Waals surface area contributed by atoms with E-state index < -0.39 is 8.32 Å². The van der Waals surface area contributed by atoms with Crippen LogP contribution < -0.4 is 10.4 Å². The zero-order valence-corrected chi connectivity index (χ0v) is 20.7. The van der Waals surface area contributed by atoms with E-state index in [0.717, 1.165) is 18.6 Å². The van der Waals surface area contributed by atoms with Crippen LogP contribution in [0, 0.1) is 11.8 Å². The summed E-state index contributed by atoms with van der Waals surface area (Å²) in [5.74, 6) is 1.39. The normalized spacial score (nSPS) is 18.4. The summed E-state index contributed by atoms with van der Waals surface area (Å²) in [4.78, 5) is 11.5. The van der Waals surface area contributed by atoms with Gasteiger partial charge in [0.15, 0.2) is 5.78 Å². The maximum atomic E-state index is 11.5. The summed E-state index contributed by atoms with van der Waals surface area (Å²) in [6.45, 7) is 9.43. The molecule has 0 radical (unpaired) electrons. The van der Waals surface area contributed by atoms with Crippen molar-refractivity contribution in [2.24, 2.45) is 11.8 Å². The molecule has 3 aromatic rings. The molecule has 0 aromatic heterocycles. The first kappa shape index (κ1) is 22.7. The van der Waals surface area contributed by atoms with Crippen molar-refractivity contribution in [3.8, 4) is 0 Å². The SMILES string of the molecule is CC(=O)c1ccc(C[C@H]2C[C@H]2CO[Si](c2ccccc2)(c2ccccc2)C(C)(C)C)cc1. The van der Waals surface area contributed by atoms with Gasteiger partial charge in [-0.05, 0) is 52.6 Å². The average molecular weight is 443 g/mol. The summed E-state index contributed by atoms with van der Waals surface area (Å²) >= 11 is 0. The van der Waals surface area contributed by atoms with Crippen LogP contribution in [-0.2, 0) is 10.8 Å². The Morgan fingerprint density at radius 1 is 0.844 bits per heavy atom. The minimum Gasteiger partial charge on any atom is -0.407 e. The molecule has 0 spiro atoms. The van der Waals surface area contributed by atoms with Gasteiger partial charge in [0, 0.05) is 12.2 Å². The summed E-state index contributed by atoms with van der Waals surface area (Å²) in [6.07, 6.45) is 2.28. The van der Waals surface area contributed by atoms with Crippen molar-refractivity contribution in [1.29, 1.82) is 0 Å². The Balaban J connectivity index is 1.52. The second kappa shape index (κ2) is 9.17. The molecule has 0 amide bonds. The van der Waals surface area contributed by atoms with Gasteiger partial charge in [-0.25, -0.2) is 0 Å². The number of carbonyl (C=O) groups is 1. The molecule has 1 aliphatic carbocycles. The Kier molecular flexibility index (Phi) is 6.50. The van der Waals surface area contributed by atoms with E-state index in [4.69, 9.17) is 4.43 Å². The molecule has 2 atom stereocenters. The molecule has 32 heavy (non-hydrogen) atoms. The van der Waals surface area contributed by atoms with Gasteiger partial charge in [-0.15, -0.1) is 0 Å². The summed E-state index contributed by atoms with van der Waals surface area (Å²) in [5, 5.41) is 2.70. The van der Waals surface area contributed by atoms with Crippen molar-refractivity contribution in [2.45, 2.75) is 45.6 Å². The Hall–Kier alpha value is -2.49. The number of carbonyl (C=O) groups excluding carboxylic acids is 1. The van der Waals surface area contributed by atoms with E-state index in [1.54, 1.807) is 6.92 Å². The highest BCUT2D eigenvalue weighted by atomic mass is 28.4. The molecule has 3 aromatic carbocycles. The van der Waals surface area contributed by atoms with Gasteiger partial charge in [-0.1, -0.05) is 106 Å². The maximum Gasteiger partial charge on any atom is 0.261 e. The largest absolute Gasteiger partial charge is 0.407 e. The Morgan fingerprint density at radius 2 is 1.38 bits per heavy atom. The topological polar surface area (TPSA) is 26.3 Å². The molecular formula is C29H34O2Si. The predicted molar refractivity (Wildman–Crippen MR) is 135 cm³/mol. The second-order valence-corrected chi connectivity index (χ2v) is 14.5. The van der Waals surface area contributed by atoms with Crippen molar-refractivity contribution in [2.75, 3.05) is 6.61 Å². The van der Waals surface area contributed by atoms with Gasteiger partial charge in [-0.2, -0.15) is 0 Å². The highest BCUT2D eigenvalue weighted by molar-refractivity contribution is 6.99. The quantitative estimate of drug-likeness (QED) is 0.333. The third-order valence-electron chi connectivity index (χ3n) is 6.86. The van der Waals surface area contributed by atoms with Crippen LogP contribution >= 0.6 is 0 Å². The third-order valence-corrected chi connectivity index (χ3v) is 11.9. The van der Waals surface area contributed by atoms with E-state index in [-0.39, 0.29) is 10.8 Å². The second-order valence-electron chi connectivity index (χ2n) is 10.2. The van der Waals surface area contributed by atoms with E-state index in [1.165, 1.54) is 22.4 Å². The molecule has 1 saturated carbocycles. The fourth-order valence-electron chi connectivity index (χ4n) is 4.94. The van der Waals surface area contributed by atoms with Gasteiger partial charge in [0.1, 0.15) is 0 Å². The highest BCUT2D eigenvalue weighted by Gasteiger charge is 2.51. The Morgan fingerprint density at radius 3 is 1.84 bits per heavy atom. The van der Waals surface area contributed by atoms with Gasteiger partial charge in [-0.3, -0.25) is 4.79 Å². The zero-order valence-electron chi connectivity index (χ0n) is 19.7. The first-order chi connectivity index (χ1) is 15.3. The molecule has 4 rings (SSSR count). The number of hydrogen-bond donors (Lipinski definition) is 0. The lowest BCUT2D eigenvalue weighted by Gasteiger charge is -2.43. The fourth-order valence-corrected chi connectivity index (χ4v) is 9.56. The highest BCUT2D eigenvalue weighted by Crippen LogP contribution is 2.44. The van der Waals surface area contributed by atoms with Crippen LogP contribution in [0.1, 0.15) is 50.0 Å². The standard InChI is InChI=1S/C29H34O2Si/c1-22(30)24-17-15-23(16-18-24)19-25-20-26(25)21-31-32(29(2,3)4,27-11-7-5-8-12-27)28-13-9-6-10-14-28/h5-18,25-26H,19-21H2,1-4H3/t25-,26-/m0/s1. The lowest BCUT2D eigenvalue weighted by atomic mass is 10.0. The molecular weight excluding hydrogens is 408 g/mol. The van der Waals surface area contributed by atoms with Crippen molar-refractivity contribution >= 4 is 24.5 Å². The van der Waals surface area contributed by atoms with E-state index in [0.29, 0.717) is 11.8 Å². The number of benzene rings is 3. The number of hydrogen-bond acceptors (Lipinski definition) is 2. The molecule has 0 aliphatic heterocycles. The van der Waals surface area contributed by atoms with Crippen LogP contribution in [-0.4, -0.2) is 20.7 Å². The van der Waals surface area contributed by atoms with Crippen LogP contribution in [0.4, 0.5) is 0 Å². The summed E-state index contributed by atoms with van der Waals surface area (Å²) in [5.41, 5.74) is 2.10.